The van der Waals surface area contributed by atoms with E-state index < -0.39 is 10.8 Å². The van der Waals surface area contributed by atoms with Crippen molar-refractivity contribution in [1.82, 2.24) is 30.2 Å². The highest BCUT2D eigenvalue weighted by molar-refractivity contribution is 6.31. The number of ether oxygens (including phenoxy) is 2. The Bertz CT molecular complexity index is 2570. The molecule has 2 aromatic carbocycles. The number of benzene rings is 2. The maximum atomic E-state index is 13.7. The first-order valence-electron chi connectivity index (χ1n) is 23.5. The molecule has 1 atom stereocenters. The van der Waals surface area contributed by atoms with Gasteiger partial charge < -0.3 is 39.7 Å². The fraction of sp³-hybridized carbons (Fsp3) is 0.520. The van der Waals surface area contributed by atoms with Crippen molar-refractivity contribution < 1.29 is 23.9 Å². The summed E-state index contributed by atoms with van der Waals surface area (Å²) in [4.78, 5) is 67.3. The first kappa shape index (κ1) is 45.9. The Balaban J connectivity index is 0.757. The lowest BCUT2D eigenvalue weighted by Crippen LogP contribution is -2.74. The molecule has 3 aliphatic heterocycles. The quantitative estimate of drug-likeness (QED) is 0.142. The number of hydrogen-bond acceptors (Lipinski definition) is 13. The number of methoxy groups -OCH3 is 1. The number of piperidine rings is 1. The third kappa shape index (κ3) is 8.44. The number of anilines is 5. The Labute approximate surface area is 397 Å². The van der Waals surface area contributed by atoms with Crippen LogP contribution in [0.25, 0.3) is 0 Å². The molecule has 4 aromatic rings. The summed E-state index contributed by atoms with van der Waals surface area (Å²) in [6.45, 7) is 13.3. The molecule has 2 saturated heterocycles. The summed E-state index contributed by atoms with van der Waals surface area (Å²) in [5.41, 5.74) is 1.89. The van der Waals surface area contributed by atoms with Crippen molar-refractivity contribution in [3.05, 3.63) is 76.7 Å². The van der Waals surface area contributed by atoms with Crippen LogP contribution < -0.4 is 34.8 Å². The molecule has 0 spiro atoms. The van der Waals surface area contributed by atoms with Gasteiger partial charge in [0, 0.05) is 80.2 Å². The van der Waals surface area contributed by atoms with Crippen LogP contribution in [-0.4, -0.2) is 107 Å². The molecule has 0 radical (unpaired) electrons. The summed E-state index contributed by atoms with van der Waals surface area (Å²) in [7, 11) is 3.38. The van der Waals surface area contributed by atoms with Gasteiger partial charge in [-0.25, -0.2) is 15.0 Å². The normalized spacial score (nSPS) is 22.6. The number of likely N-dealkylation sites (tertiary alicyclic amines) is 1. The molecule has 2 aromatic heterocycles. The van der Waals surface area contributed by atoms with Crippen molar-refractivity contribution in [3.8, 4) is 17.6 Å². The molecule has 17 heteroatoms. The number of nitrogens with zero attached hydrogens (tertiary/aromatic N) is 9. The highest BCUT2D eigenvalue weighted by atomic mass is 35.5. The average molecular weight is 931 g/mol. The van der Waals surface area contributed by atoms with Crippen LogP contribution in [0, 0.1) is 34.0 Å². The Hall–Kier alpha value is -6.21. The number of halogens is 1. The zero-order valence-electron chi connectivity index (χ0n) is 39.4. The minimum Gasteiger partial charge on any atom is -0.495 e. The van der Waals surface area contributed by atoms with Crippen molar-refractivity contribution in [3.63, 3.8) is 0 Å². The maximum Gasteiger partial charge on any atom is 0.254 e. The molecular weight excluding hydrogens is 870 g/mol. The minimum absolute atomic E-state index is 0.0299. The van der Waals surface area contributed by atoms with Gasteiger partial charge in [0.05, 0.1) is 35.1 Å². The SMILES string of the molecule is CC[C@@H]1C(=O)N(C)c2cnc(Nc3ccc(C(=O)N4CC(C5CCN(c6ncc(C(=O)NC7C(C)(C)C(Oc8ccc(C#N)c(Cl)c8)C7(C)C)cn6)CC5)C4)cc3OC)nc2N1C1CCCC1. The zero-order valence-corrected chi connectivity index (χ0v) is 40.1. The summed E-state index contributed by atoms with van der Waals surface area (Å²) >= 11 is 6.26. The van der Waals surface area contributed by atoms with Gasteiger partial charge in [-0.3, -0.25) is 14.4 Å². The molecule has 2 N–H and O–H groups in total. The molecule has 9 rings (SSSR count). The van der Waals surface area contributed by atoms with Gasteiger partial charge in [-0.2, -0.15) is 10.2 Å². The van der Waals surface area contributed by atoms with Crippen molar-refractivity contribution >= 4 is 58.4 Å². The summed E-state index contributed by atoms with van der Waals surface area (Å²) in [5.74, 6) is 3.55. The van der Waals surface area contributed by atoms with Crippen molar-refractivity contribution in [1.29, 1.82) is 5.26 Å². The third-order valence-electron chi connectivity index (χ3n) is 15.1. The summed E-state index contributed by atoms with van der Waals surface area (Å²) in [6.07, 6.45) is 11.7. The maximum absolute atomic E-state index is 13.7. The Kier molecular flexibility index (Phi) is 12.4. The van der Waals surface area contributed by atoms with Crippen LogP contribution >= 0.6 is 11.6 Å². The van der Waals surface area contributed by atoms with E-state index in [1.807, 2.05) is 24.0 Å². The van der Waals surface area contributed by atoms with Crippen molar-refractivity contribution in [2.24, 2.45) is 22.7 Å². The number of carbonyl (C=O) groups is 3. The van der Waals surface area contributed by atoms with E-state index in [0.29, 0.717) is 87.8 Å². The molecular formula is C50H60ClN11O5. The molecule has 0 bridgehead atoms. The van der Waals surface area contributed by atoms with Gasteiger partial charge in [-0.1, -0.05) is 59.1 Å². The molecule has 67 heavy (non-hydrogen) atoms. The fourth-order valence-electron chi connectivity index (χ4n) is 11.6. The van der Waals surface area contributed by atoms with Crippen molar-refractivity contribution in [2.45, 2.75) is 104 Å². The lowest BCUT2D eigenvalue weighted by molar-refractivity contribution is -0.164. The number of nitrogens with one attached hydrogen (secondary N) is 2. The van der Waals surface area contributed by atoms with E-state index in [4.69, 9.17) is 26.1 Å². The fourth-order valence-corrected chi connectivity index (χ4v) is 11.8. The summed E-state index contributed by atoms with van der Waals surface area (Å²) < 4.78 is 12.1. The van der Waals surface area contributed by atoms with Crippen LogP contribution in [0.15, 0.2) is 55.0 Å². The van der Waals surface area contributed by atoms with Gasteiger partial charge in [-0.15, -0.1) is 0 Å². The monoisotopic (exact) mass is 929 g/mol. The Morgan fingerprint density at radius 2 is 1.63 bits per heavy atom. The van der Waals surface area contributed by atoms with Crippen molar-refractivity contribution in [2.75, 3.05) is 60.4 Å². The highest BCUT2D eigenvalue weighted by Gasteiger charge is 2.64. The Morgan fingerprint density at radius 3 is 2.27 bits per heavy atom. The topological polar surface area (TPSA) is 182 Å². The summed E-state index contributed by atoms with van der Waals surface area (Å²) in [6, 6.07) is 12.4. The number of carbonyl (C=O) groups excluding carboxylic acids is 3. The van der Waals surface area contributed by atoms with Gasteiger partial charge in [0.15, 0.2) is 5.82 Å². The number of rotatable bonds is 12. The van der Waals surface area contributed by atoms with Crippen LogP contribution in [0.4, 0.5) is 29.1 Å². The Morgan fingerprint density at radius 1 is 0.925 bits per heavy atom. The minimum atomic E-state index is -0.397. The first-order chi connectivity index (χ1) is 32.1. The lowest BCUT2D eigenvalue weighted by Gasteiger charge is -2.63. The molecule has 3 amide bonds. The van der Waals surface area contributed by atoms with Crippen LogP contribution in [0.1, 0.15) is 106 Å². The van der Waals surface area contributed by atoms with Crippen LogP contribution in [0.3, 0.4) is 0 Å². The molecule has 352 valence electrons. The zero-order chi connectivity index (χ0) is 47.4. The van der Waals surface area contributed by atoms with E-state index in [2.05, 4.69) is 69.1 Å². The van der Waals surface area contributed by atoms with Crippen LogP contribution in [-0.2, 0) is 4.79 Å². The molecule has 0 unspecified atom stereocenters. The van der Waals surface area contributed by atoms with E-state index in [1.54, 1.807) is 61.9 Å². The predicted molar refractivity (Wildman–Crippen MR) is 256 cm³/mol. The predicted octanol–water partition coefficient (Wildman–Crippen LogP) is 7.65. The summed E-state index contributed by atoms with van der Waals surface area (Å²) in [5, 5.41) is 16.1. The molecule has 5 heterocycles. The van der Waals surface area contributed by atoms with E-state index >= 15 is 0 Å². The number of hydrogen-bond donors (Lipinski definition) is 2. The first-order valence-corrected chi connectivity index (χ1v) is 23.9. The molecule has 4 fully saturated rings. The standard InChI is InChI=1S/C50H60ClN11O5/c1-8-38-44(65)59(6)39-26-53-47(57-41(39)62(38)34-11-9-10-12-34)56-37-16-14-30(21-40(37)66-7)43(64)61-27-33(28-61)29-17-19-60(20-18-29)48-54-24-32(25-55-48)42(63)58-45-49(2,3)46(50(45,4)5)67-35-15-13-31(23-52)36(51)22-35/h13-16,21-22,24-26,29,33-34,38,45-46H,8-12,17-20,27-28H2,1-7H3,(H,58,63)(H,53,56,57)/t38-,45?,46?/m1/s1. The van der Waals surface area contributed by atoms with Gasteiger partial charge in [0.1, 0.15) is 35.4 Å². The van der Waals surface area contributed by atoms with E-state index in [9.17, 15) is 19.6 Å². The smallest absolute Gasteiger partial charge is 0.254 e. The van der Waals surface area contributed by atoms with Gasteiger partial charge in [0.25, 0.3) is 11.8 Å². The second-order valence-corrected chi connectivity index (χ2v) is 20.4. The average Bonchev–Trinajstić information content (AvgIpc) is 3.85. The highest BCUT2D eigenvalue weighted by Crippen LogP contribution is 2.56. The van der Waals surface area contributed by atoms with E-state index in [0.717, 1.165) is 57.4 Å². The largest absolute Gasteiger partial charge is 0.495 e. The van der Waals surface area contributed by atoms with Crippen LogP contribution in [0.2, 0.25) is 5.02 Å². The molecule has 5 aliphatic rings. The van der Waals surface area contributed by atoms with Gasteiger partial charge in [0.2, 0.25) is 17.8 Å². The molecule has 2 saturated carbocycles. The number of likely N-dealkylation sites (N-methyl/N-ethyl adjacent to an activating group) is 1. The lowest BCUT2D eigenvalue weighted by atomic mass is 9.49. The third-order valence-corrected chi connectivity index (χ3v) is 15.4. The molecule has 16 nitrogen and oxygen atoms in total. The van der Waals surface area contributed by atoms with Crippen LogP contribution in [0.5, 0.6) is 11.5 Å². The number of aromatic nitrogens is 4. The number of nitriles is 1. The number of amides is 3. The van der Waals surface area contributed by atoms with Gasteiger partial charge >= 0.3 is 0 Å². The second-order valence-electron chi connectivity index (χ2n) is 20.0. The molecule has 2 aliphatic carbocycles. The second kappa shape index (κ2) is 18.1. The van der Waals surface area contributed by atoms with Gasteiger partial charge in [-0.05, 0) is 74.3 Å². The van der Waals surface area contributed by atoms with E-state index in [1.165, 1.54) is 0 Å². The number of fused-ring (bicyclic) bond motifs is 1. The van der Waals surface area contributed by atoms with E-state index in [-0.39, 0.29) is 42.0 Å².